The molecule has 0 aromatic carbocycles. The van der Waals surface area contributed by atoms with Gasteiger partial charge >= 0.3 is 0 Å². The van der Waals surface area contributed by atoms with Crippen LogP contribution in [0.3, 0.4) is 0 Å². The largest absolute Gasteiger partial charge is 0.298 e. The van der Waals surface area contributed by atoms with E-state index >= 15 is 0 Å². The Morgan fingerprint density at radius 1 is 1.44 bits per heavy atom. The molecular formula is C14H18O2. The van der Waals surface area contributed by atoms with Gasteiger partial charge in [-0.15, -0.1) is 6.58 Å². The maximum absolute atomic E-state index is 12.4. The minimum atomic E-state index is -0.320. The Hall–Kier alpha value is -1.18. The number of carbonyl (C=O) groups excluding carboxylic acids is 2. The van der Waals surface area contributed by atoms with Crippen molar-refractivity contribution in [2.45, 2.75) is 38.5 Å². The van der Waals surface area contributed by atoms with Crippen molar-refractivity contribution in [2.24, 2.45) is 11.3 Å². The van der Waals surface area contributed by atoms with Crippen LogP contribution < -0.4 is 0 Å². The first-order chi connectivity index (χ1) is 7.68. The summed E-state index contributed by atoms with van der Waals surface area (Å²) in [6, 6.07) is 0. The molecule has 1 saturated carbocycles. The third kappa shape index (κ3) is 1.89. The van der Waals surface area contributed by atoms with Gasteiger partial charge in [0.15, 0.2) is 5.78 Å². The molecule has 0 aromatic rings. The van der Waals surface area contributed by atoms with Crippen LogP contribution in [0, 0.1) is 11.3 Å². The van der Waals surface area contributed by atoms with Crippen molar-refractivity contribution < 1.29 is 9.59 Å². The average molecular weight is 218 g/mol. The van der Waals surface area contributed by atoms with Crippen molar-refractivity contribution in [3.05, 3.63) is 24.8 Å². The summed E-state index contributed by atoms with van der Waals surface area (Å²) in [4.78, 5) is 23.6. The van der Waals surface area contributed by atoms with Gasteiger partial charge in [0, 0.05) is 17.8 Å². The van der Waals surface area contributed by atoms with Gasteiger partial charge in [-0.1, -0.05) is 18.6 Å². The highest BCUT2D eigenvalue weighted by Crippen LogP contribution is 2.43. The van der Waals surface area contributed by atoms with Gasteiger partial charge in [-0.25, -0.2) is 0 Å². The number of carbonyl (C=O) groups is 2. The molecule has 0 bridgehead atoms. The molecule has 2 heteroatoms. The normalized spacial score (nSPS) is 34.4. The quantitative estimate of drug-likeness (QED) is 0.668. The molecule has 1 spiro atoms. The van der Waals surface area contributed by atoms with E-state index in [9.17, 15) is 9.59 Å². The van der Waals surface area contributed by atoms with Crippen LogP contribution in [0.25, 0.3) is 0 Å². The SMILES string of the molecule is C=CC[C@@H]1CCC[C@@]2(C=CC(=O)CC2)C1=O. The fourth-order valence-corrected chi connectivity index (χ4v) is 2.93. The van der Waals surface area contributed by atoms with Gasteiger partial charge in [-0.3, -0.25) is 9.59 Å². The van der Waals surface area contributed by atoms with Crippen LogP contribution in [0.4, 0.5) is 0 Å². The maximum Gasteiger partial charge on any atom is 0.155 e. The molecule has 0 aliphatic heterocycles. The van der Waals surface area contributed by atoms with Crippen molar-refractivity contribution in [3.63, 3.8) is 0 Å². The average Bonchev–Trinajstić information content (AvgIpc) is 2.29. The van der Waals surface area contributed by atoms with E-state index < -0.39 is 0 Å². The lowest BCUT2D eigenvalue weighted by Crippen LogP contribution is -2.40. The smallest absolute Gasteiger partial charge is 0.155 e. The molecule has 0 heterocycles. The summed E-state index contributed by atoms with van der Waals surface area (Å²) in [5, 5.41) is 0. The summed E-state index contributed by atoms with van der Waals surface area (Å²) in [5.74, 6) is 0.621. The summed E-state index contributed by atoms with van der Waals surface area (Å²) in [7, 11) is 0. The Morgan fingerprint density at radius 2 is 2.25 bits per heavy atom. The fourth-order valence-electron chi connectivity index (χ4n) is 2.93. The molecule has 0 amide bonds. The first kappa shape index (κ1) is 11.3. The Bertz CT molecular complexity index is 354. The molecule has 2 nitrogen and oxygen atoms in total. The van der Waals surface area contributed by atoms with E-state index in [4.69, 9.17) is 0 Å². The second-order valence-corrected chi connectivity index (χ2v) is 4.93. The second kappa shape index (κ2) is 4.36. The van der Waals surface area contributed by atoms with Crippen molar-refractivity contribution >= 4 is 11.6 Å². The fraction of sp³-hybridized carbons (Fsp3) is 0.571. The van der Waals surface area contributed by atoms with E-state index in [0.29, 0.717) is 12.2 Å². The number of hydrogen-bond acceptors (Lipinski definition) is 2. The Labute approximate surface area is 96.4 Å². The standard InChI is InChI=1S/C14H18O2/c1-2-4-11-5-3-8-14(13(11)16)9-6-12(15)7-10-14/h2,6,9,11H,1,3-5,7-8,10H2/t11-,14+/m1/s1. The van der Waals surface area contributed by atoms with Gasteiger partial charge < -0.3 is 0 Å². The maximum atomic E-state index is 12.4. The molecule has 16 heavy (non-hydrogen) atoms. The summed E-state index contributed by atoms with van der Waals surface area (Å²) in [6.07, 6.45) is 10.3. The molecule has 2 atom stereocenters. The molecule has 2 rings (SSSR count). The Balaban J connectivity index is 2.20. The van der Waals surface area contributed by atoms with Gasteiger partial charge in [0.1, 0.15) is 5.78 Å². The highest BCUT2D eigenvalue weighted by Gasteiger charge is 2.43. The highest BCUT2D eigenvalue weighted by atomic mass is 16.1. The predicted molar refractivity (Wildman–Crippen MR) is 63.0 cm³/mol. The zero-order valence-corrected chi connectivity index (χ0v) is 9.58. The minimum absolute atomic E-state index is 0.129. The molecule has 86 valence electrons. The van der Waals surface area contributed by atoms with E-state index in [2.05, 4.69) is 6.58 Å². The number of rotatable bonds is 2. The molecule has 0 unspecified atom stereocenters. The van der Waals surface area contributed by atoms with Crippen LogP contribution in [0.5, 0.6) is 0 Å². The molecular weight excluding hydrogens is 200 g/mol. The second-order valence-electron chi connectivity index (χ2n) is 4.93. The van der Waals surface area contributed by atoms with E-state index in [1.165, 1.54) is 0 Å². The van der Waals surface area contributed by atoms with Gasteiger partial charge in [0.25, 0.3) is 0 Å². The van der Waals surface area contributed by atoms with Crippen LogP contribution in [0.15, 0.2) is 24.8 Å². The van der Waals surface area contributed by atoms with E-state index in [1.54, 1.807) is 6.08 Å². The lowest BCUT2D eigenvalue weighted by atomic mass is 9.63. The highest BCUT2D eigenvalue weighted by molar-refractivity contribution is 5.96. The van der Waals surface area contributed by atoms with Crippen LogP contribution >= 0.6 is 0 Å². The first-order valence-corrected chi connectivity index (χ1v) is 6.05. The molecule has 0 aromatic heterocycles. The van der Waals surface area contributed by atoms with E-state index in [1.807, 2.05) is 12.2 Å². The molecule has 2 aliphatic rings. The molecule has 2 aliphatic carbocycles. The number of Topliss-reactive ketones (excluding diaryl/α,β-unsaturated/α-hetero) is 1. The third-order valence-corrected chi connectivity index (χ3v) is 3.89. The monoisotopic (exact) mass is 218 g/mol. The Kier molecular flexibility index (Phi) is 3.08. The zero-order valence-electron chi connectivity index (χ0n) is 9.58. The summed E-state index contributed by atoms with van der Waals surface area (Å²) in [6.45, 7) is 3.71. The molecule has 0 N–H and O–H groups in total. The van der Waals surface area contributed by atoms with E-state index in [0.717, 1.165) is 32.1 Å². The Morgan fingerprint density at radius 3 is 2.88 bits per heavy atom. The van der Waals surface area contributed by atoms with Crippen molar-refractivity contribution in [3.8, 4) is 0 Å². The van der Waals surface area contributed by atoms with Gasteiger partial charge in [-0.05, 0) is 31.8 Å². The number of allylic oxidation sites excluding steroid dienone is 3. The van der Waals surface area contributed by atoms with Crippen molar-refractivity contribution in [1.82, 2.24) is 0 Å². The number of hydrogen-bond donors (Lipinski definition) is 0. The minimum Gasteiger partial charge on any atom is -0.298 e. The van der Waals surface area contributed by atoms with Gasteiger partial charge in [0.2, 0.25) is 0 Å². The predicted octanol–water partition coefficient (Wildman–Crippen LogP) is 2.84. The van der Waals surface area contributed by atoms with Crippen molar-refractivity contribution in [1.29, 1.82) is 0 Å². The summed E-state index contributed by atoms with van der Waals surface area (Å²) in [5.41, 5.74) is -0.320. The molecule has 0 saturated heterocycles. The van der Waals surface area contributed by atoms with E-state index in [-0.39, 0.29) is 17.1 Å². The van der Waals surface area contributed by atoms with Crippen LogP contribution in [0.1, 0.15) is 38.5 Å². The number of ketones is 2. The van der Waals surface area contributed by atoms with Crippen LogP contribution in [-0.4, -0.2) is 11.6 Å². The topological polar surface area (TPSA) is 34.1 Å². The third-order valence-electron chi connectivity index (χ3n) is 3.89. The lowest BCUT2D eigenvalue weighted by Gasteiger charge is -2.38. The zero-order chi connectivity index (χ0) is 11.6. The summed E-state index contributed by atoms with van der Waals surface area (Å²) >= 11 is 0. The lowest BCUT2D eigenvalue weighted by molar-refractivity contribution is -0.134. The van der Waals surface area contributed by atoms with Crippen LogP contribution in [-0.2, 0) is 9.59 Å². The first-order valence-electron chi connectivity index (χ1n) is 6.05. The van der Waals surface area contributed by atoms with Crippen LogP contribution in [0.2, 0.25) is 0 Å². The van der Waals surface area contributed by atoms with Crippen molar-refractivity contribution in [2.75, 3.05) is 0 Å². The van der Waals surface area contributed by atoms with Gasteiger partial charge in [-0.2, -0.15) is 0 Å². The summed E-state index contributed by atoms with van der Waals surface area (Å²) < 4.78 is 0. The van der Waals surface area contributed by atoms with Gasteiger partial charge in [0.05, 0.1) is 0 Å². The molecule has 1 fully saturated rings. The molecule has 0 radical (unpaired) electrons.